The smallest absolute Gasteiger partial charge is 0.413 e. The molecule has 0 radical (unpaired) electrons. The molecular formula is C17H20N4O4S. The molecule has 1 aromatic carbocycles. The third kappa shape index (κ3) is 5.85. The van der Waals surface area contributed by atoms with E-state index in [1.165, 1.54) is 17.4 Å². The molecule has 2 aromatic rings. The number of nitrogens with zero attached hydrogens (tertiary/aromatic N) is 1. The van der Waals surface area contributed by atoms with Crippen molar-refractivity contribution in [3.63, 3.8) is 0 Å². The summed E-state index contributed by atoms with van der Waals surface area (Å²) in [5.41, 5.74) is 6.35. The fourth-order valence-corrected chi connectivity index (χ4v) is 2.67. The SMILES string of the molecule is CC(C)COC(=O)Nc1nc(CC(=O)Nc2ccccc2C(N)=O)cs1. The minimum atomic E-state index is -0.624. The standard InChI is InChI=1S/C17H20N4O4S/c1-10(2)8-25-17(24)21-16-19-11(9-26-16)7-14(22)20-13-6-4-3-5-12(13)15(18)23/h3-6,9-10H,7-8H2,1-2H3,(H2,18,23)(H,20,22)(H,19,21,24). The molecule has 1 aromatic heterocycles. The number of para-hydroxylation sites is 1. The molecule has 138 valence electrons. The third-order valence-corrected chi connectivity index (χ3v) is 3.92. The van der Waals surface area contributed by atoms with Gasteiger partial charge in [-0.15, -0.1) is 11.3 Å². The van der Waals surface area contributed by atoms with E-state index in [9.17, 15) is 14.4 Å². The second-order valence-corrected chi connectivity index (χ2v) is 6.75. The Bertz CT molecular complexity index is 804. The number of ether oxygens (including phenoxy) is 1. The average Bonchev–Trinajstić information content (AvgIpc) is 2.99. The zero-order valence-corrected chi connectivity index (χ0v) is 15.3. The first kappa shape index (κ1) is 19.4. The molecule has 0 atom stereocenters. The number of nitrogens with one attached hydrogen (secondary N) is 2. The number of anilines is 2. The summed E-state index contributed by atoms with van der Waals surface area (Å²) in [7, 11) is 0. The molecule has 9 heteroatoms. The lowest BCUT2D eigenvalue weighted by molar-refractivity contribution is -0.115. The molecule has 0 aliphatic carbocycles. The molecule has 0 aliphatic heterocycles. The third-order valence-electron chi connectivity index (χ3n) is 3.12. The Morgan fingerprint density at radius 1 is 1.23 bits per heavy atom. The maximum atomic E-state index is 12.2. The van der Waals surface area contributed by atoms with E-state index in [0.717, 1.165) is 0 Å². The Morgan fingerprint density at radius 3 is 2.65 bits per heavy atom. The zero-order valence-electron chi connectivity index (χ0n) is 14.4. The quantitative estimate of drug-likeness (QED) is 0.685. The van der Waals surface area contributed by atoms with E-state index in [1.54, 1.807) is 23.6 Å². The largest absolute Gasteiger partial charge is 0.449 e. The van der Waals surface area contributed by atoms with Crippen LogP contribution >= 0.6 is 11.3 Å². The predicted molar refractivity (Wildman–Crippen MR) is 99.2 cm³/mol. The molecule has 0 fully saturated rings. The van der Waals surface area contributed by atoms with Crippen LogP contribution < -0.4 is 16.4 Å². The number of benzene rings is 1. The van der Waals surface area contributed by atoms with Crippen LogP contribution in [0.1, 0.15) is 29.9 Å². The predicted octanol–water partition coefficient (Wildman–Crippen LogP) is 2.63. The molecular weight excluding hydrogens is 356 g/mol. The van der Waals surface area contributed by atoms with Gasteiger partial charge in [-0.1, -0.05) is 26.0 Å². The minimum absolute atomic E-state index is 0.00762. The lowest BCUT2D eigenvalue weighted by Crippen LogP contribution is -2.19. The number of primary amides is 1. The first-order chi connectivity index (χ1) is 12.3. The van der Waals surface area contributed by atoms with Gasteiger partial charge in [-0.2, -0.15) is 0 Å². The number of rotatable bonds is 7. The van der Waals surface area contributed by atoms with Gasteiger partial charge in [-0.3, -0.25) is 14.9 Å². The topological polar surface area (TPSA) is 123 Å². The zero-order chi connectivity index (χ0) is 19.1. The molecule has 0 aliphatic rings. The Kier molecular flexibility index (Phi) is 6.67. The molecule has 1 heterocycles. The molecule has 2 rings (SSSR count). The lowest BCUT2D eigenvalue weighted by atomic mass is 10.1. The maximum Gasteiger partial charge on any atom is 0.413 e. The van der Waals surface area contributed by atoms with Gasteiger partial charge in [0.2, 0.25) is 5.91 Å². The highest BCUT2D eigenvalue weighted by molar-refractivity contribution is 7.13. The number of hydrogen-bond donors (Lipinski definition) is 3. The second kappa shape index (κ2) is 8.95. The van der Waals surface area contributed by atoms with Gasteiger partial charge in [-0.05, 0) is 18.1 Å². The molecule has 8 nitrogen and oxygen atoms in total. The summed E-state index contributed by atoms with van der Waals surface area (Å²) in [5.74, 6) is -0.738. The fourth-order valence-electron chi connectivity index (χ4n) is 1.98. The van der Waals surface area contributed by atoms with Crippen molar-refractivity contribution in [1.82, 2.24) is 4.98 Å². The first-order valence-electron chi connectivity index (χ1n) is 7.92. The van der Waals surface area contributed by atoms with Gasteiger partial charge >= 0.3 is 6.09 Å². The molecule has 0 saturated heterocycles. The van der Waals surface area contributed by atoms with Crippen molar-refractivity contribution in [2.45, 2.75) is 20.3 Å². The van der Waals surface area contributed by atoms with Gasteiger partial charge in [0, 0.05) is 5.38 Å². The lowest BCUT2D eigenvalue weighted by Gasteiger charge is -2.08. The molecule has 0 spiro atoms. The van der Waals surface area contributed by atoms with Crippen molar-refractivity contribution >= 4 is 40.1 Å². The maximum absolute atomic E-state index is 12.2. The van der Waals surface area contributed by atoms with Crippen LogP contribution in [0.4, 0.5) is 15.6 Å². The van der Waals surface area contributed by atoms with Gasteiger partial charge in [0.05, 0.1) is 30.0 Å². The molecule has 0 unspecified atom stereocenters. The van der Waals surface area contributed by atoms with Crippen LogP contribution in [0.25, 0.3) is 0 Å². The summed E-state index contributed by atoms with van der Waals surface area (Å²) in [6.45, 7) is 4.18. The number of aromatic nitrogens is 1. The van der Waals surface area contributed by atoms with Gasteiger partial charge < -0.3 is 15.8 Å². The van der Waals surface area contributed by atoms with Crippen LogP contribution in [0.2, 0.25) is 0 Å². The van der Waals surface area contributed by atoms with E-state index in [0.29, 0.717) is 23.1 Å². The minimum Gasteiger partial charge on any atom is -0.449 e. The number of amides is 3. The number of hydrogen-bond acceptors (Lipinski definition) is 6. The summed E-state index contributed by atoms with van der Waals surface area (Å²) >= 11 is 1.19. The van der Waals surface area contributed by atoms with Crippen LogP contribution in [-0.2, 0) is 16.0 Å². The molecule has 3 amide bonds. The van der Waals surface area contributed by atoms with Crippen molar-refractivity contribution in [2.75, 3.05) is 17.2 Å². The normalized spacial score (nSPS) is 10.4. The Hall–Kier alpha value is -2.94. The highest BCUT2D eigenvalue weighted by Crippen LogP contribution is 2.18. The van der Waals surface area contributed by atoms with Gasteiger partial charge in [0.15, 0.2) is 5.13 Å². The van der Waals surface area contributed by atoms with E-state index in [-0.39, 0.29) is 23.8 Å². The Balaban J connectivity index is 1.91. The second-order valence-electron chi connectivity index (χ2n) is 5.90. The number of nitrogens with two attached hydrogens (primary N) is 1. The summed E-state index contributed by atoms with van der Waals surface area (Å²) in [5, 5.41) is 7.16. The monoisotopic (exact) mass is 376 g/mol. The van der Waals surface area contributed by atoms with Crippen LogP contribution in [-0.4, -0.2) is 29.5 Å². The van der Waals surface area contributed by atoms with Crippen molar-refractivity contribution in [2.24, 2.45) is 11.7 Å². The number of carbonyl (C=O) groups is 3. The molecule has 4 N–H and O–H groups in total. The van der Waals surface area contributed by atoms with Crippen molar-refractivity contribution in [3.8, 4) is 0 Å². The van der Waals surface area contributed by atoms with Crippen LogP contribution in [0.3, 0.4) is 0 Å². The molecule has 0 bridgehead atoms. The summed E-state index contributed by atoms with van der Waals surface area (Å²) in [4.78, 5) is 39.3. The van der Waals surface area contributed by atoms with Crippen LogP contribution in [0.5, 0.6) is 0 Å². The van der Waals surface area contributed by atoms with Gasteiger partial charge in [0.25, 0.3) is 5.91 Å². The summed E-state index contributed by atoms with van der Waals surface area (Å²) in [6, 6.07) is 6.48. The van der Waals surface area contributed by atoms with Crippen LogP contribution in [0.15, 0.2) is 29.6 Å². The van der Waals surface area contributed by atoms with E-state index in [2.05, 4.69) is 15.6 Å². The van der Waals surface area contributed by atoms with E-state index in [1.807, 2.05) is 13.8 Å². The van der Waals surface area contributed by atoms with Gasteiger partial charge in [0.1, 0.15) is 0 Å². The summed E-state index contributed by atoms with van der Waals surface area (Å²) < 4.78 is 5.01. The van der Waals surface area contributed by atoms with Gasteiger partial charge in [-0.25, -0.2) is 9.78 Å². The van der Waals surface area contributed by atoms with E-state index >= 15 is 0 Å². The average molecular weight is 376 g/mol. The Labute approximate surface area is 154 Å². The Morgan fingerprint density at radius 2 is 1.96 bits per heavy atom. The molecule has 0 saturated carbocycles. The van der Waals surface area contributed by atoms with Crippen molar-refractivity contribution in [3.05, 3.63) is 40.9 Å². The van der Waals surface area contributed by atoms with E-state index < -0.39 is 12.0 Å². The van der Waals surface area contributed by atoms with Crippen molar-refractivity contribution < 1.29 is 19.1 Å². The highest BCUT2D eigenvalue weighted by atomic mass is 32.1. The molecule has 26 heavy (non-hydrogen) atoms. The fraction of sp³-hybridized carbons (Fsp3) is 0.294. The van der Waals surface area contributed by atoms with Crippen molar-refractivity contribution in [1.29, 1.82) is 0 Å². The number of thiazole rings is 1. The first-order valence-corrected chi connectivity index (χ1v) is 8.80. The van der Waals surface area contributed by atoms with Crippen LogP contribution in [0, 0.1) is 5.92 Å². The highest BCUT2D eigenvalue weighted by Gasteiger charge is 2.13. The summed E-state index contributed by atoms with van der Waals surface area (Å²) in [6.07, 6.45) is -0.591. The number of carbonyl (C=O) groups excluding carboxylic acids is 3. The van der Waals surface area contributed by atoms with E-state index in [4.69, 9.17) is 10.5 Å².